The van der Waals surface area contributed by atoms with Gasteiger partial charge in [0.1, 0.15) is 11.4 Å². The molecule has 0 amide bonds. The van der Waals surface area contributed by atoms with E-state index in [4.69, 9.17) is 19.9 Å². The number of nitrogens with two attached hydrogens (primary N) is 1. The number of pyridine rings is 2. The number of aromatic nitrogens is 3. The number of hydrogen-bond acceptors (Lipinski definition) is 8. The fourth-order valence-corrected chi connectivity index (χ4v) is 3.27. The third-order valence-corrected chi connectivity index (χ3v) is 5.03. The zero-order chi connectivity index (χ0) is 24.3. The summed E-state index contributed by atoms with van der Waals surface area (Å²) in [7, 11) is -4.91. The fraction of sp³-hybridized carbons (Fsp3) is 0.0952. The van der Waals surface area contributed by atoms with Gasteiger partial charge < -0.3 is 19.0 Å². The van der Waals surface area contributed by atoms with Gasteiger partial charge in [-0.1, -0.05) is 11.2 Å². The molecular weight excluding hydrogens is 473 g/mol. The van der Waals surface area contributed by atoms with E-state index in [-0.39, 0.29) is 17.4 Å². The minimum atomic E-state index is -4.91. The fourth-order valence-electron chi connectivity index (χ4n) is 3.00. The second-order valence-electron chi connectivity index (χ2n) is 7.04. The van der Waals surface area contributed by atoms with Gasteiger partial charge in [0.05, 0.1) is 11.9 Å². The summed E-state index contributed by atoms with van der Waals surface area (Å²) in [5.41, 5.74) is 7.80. The van der Waals surface area contributed by atoms with Gasteiger partial charge in [0.15, 0.2) is 24.1 Å². The number of hydrogen-bond donors (Lipinski definition) is 2. The van der Waals surface area contributed by atoms with Crippen LogP contribution in [0.2, 0.25) is 0 Å². The molecule has 176 valence electrons. The molecule has 0 aliphatic carbocycles. The highest BCUT2D eigenvalue weighted by atomic mass is 31.2. The van der Waals surface area contributed by atoms with Gasteiger partial charge in [0.25, 0.3) is 13.6 Å². The molecule has 0 spiro atoms. The number of phosphoric acid groups is 1. The summed E-state index contributed by atoms with van der Waals surface area (Å²) in [6.45, 7) is -0.514. The summed E-state index contributed by atoms with van der Waals surface area (Å²) in [4.78, 5) is 23.7. The SMILES string of the molecule is Nc1c(-c2cc(Cc3ccc(Oc4ccc(F)cc4F)nc3)no2)ccc[n+]1COP(=O)([O-])O. The molecular formula is C21H17F2N4O6P. The van der Waals surface area contributed by atoms with Crippen molar-refractivity contribution in [2.75, 3.05) is 5.73 Å². The monoisotopic (exact) mass is 490 g/mol. The van der Waals surface area contributed by atoms with Gasteiger partial charge in [-0.3, -0.25) is 14.8 Å². The molecule has 1 aromatic carbocycles. The molecule has 1 atom stereocenters. The van der Waals surface area contributed by atoms with Crippen molar-refractivity contribution in [2.24, 2.45) is 0 Å². The molecule has 10 nitrogen and oxygen atoms in total. The van der Waals surface area contributed by atoms with E-state index in [2.05, 4.69) is 14.7 Å². The summed E-state index contributed by atoms with van der Waals surface area (Å²) < 4.78 is 53.9. The van der Waals surface area contributed by atoms with E-state index >= 15 is 0 Å². The van der Waals surface area contributed by atoms with E-state index in [1.807, 2.05) is 0 Å². The Morgan fingerprint density at radius 3 is 2.74 bits per heavy atom. The molecule has 0 saturated carbocycles. The van der Waals surface area contributed by atoms with Crippen molar-refractivity contribution in [3.8, 4) is 23.0 Å². The lowest BCUT2D eigenvalue weighted by molar-refractivity contribution is -0.712. The average Bonchev–Trinajstić information content (AvgIpc) is 3.24. The van der Waals surface area contributed by atoms with Crippen molar-refractivity contribution >= 4 is 13.6 Å². The number of nitrogens with zero attached hydrogens (tertiary/aromatic N) is 3. The Balaban J connectivity index is 1.44. The first-order valence-corrected chi connectivity index (χ1v) is 11.2. The highest BCUT2D eigenvalue weighted by molar-refractivity contribution is 7.44. The molecule has 0 saturated heterocycles. The largest absolute Gasteiger partial charge is 0.756 e. The Morgan fingerprint density at radius 2 is 2.03 bits per heavy atom. The quantitative estimate of drug-likeness (QED) is 0.281. The number of nitrogen functional groups attached to an aromatic ring is 1. The number of benzene rings is 1. The minimum absolute atomic E-state index is 0.129. The van der Waals surface area contributed by atoms with Crippen molar-refractivity contribution in [3.05, 3.63) is 83.8 Å². The van der Waals surface area contributed by atoms with Crippen LogP contribution in [0, 0.1) is 11.6 Å². The average molecular weight is 490 g/mol. The smallest absolute Gasteiger partial charge is 0.285 e. The topological polar surface area (TPSA) is 148 Å². The summed E-state index contributed by atoms with van der Waals surface area (Å²) in [5, 5.41) is 4.00. The molecule has 3 N–H and O–H groups in total. The first-order chi connectivity index (χ1) is 16.2. The van der Waals surface area contributed by atoms with Gasteiger partial charge in [-0.05, 0) is 29.8 Å². The third-order valence-electron chi connectivity index (χ3n) is 4.59. The predicted octanol–water partition coefficient (Wildman–Crippen LogP) is 2.70. The summed E-state index contributed by atoms with van der Waals surface area (Å²) >= 11 is 0. The van der Waals surface area contributed by atoms with E-state index in [0.717, 1.165) is 11.6 Å². The highest BCUT2D eigenvalue weighted by Crippen LogP contribution is 2.31. The molecule has 0 radical (unpaired) electrons. The van der Waals surface area contributed by atoms with Crippen LogP contribution in [0.25, 0.3) is 11.3 Å². The lowest BCUT2D eigenvalue weighted by Gasteiger charge is -2.14. The van der Waals surface area contributed by atoms with Crippen LogP contribution >= 0.6 is 7.82 Å². The van der Waals surface area contributed by atoms with Crippen LogP contribution in [0.4, 0.5) is 14.6 Å². The molecule has 3 heterocycles. The standard InChI is InChI=1S/C21H17F2N4O6P/c22-14-4-5-18(17(23)9-14)32-20-6-3-13(11-25-20)8-15-10-19(33-26-15)16-2-1-7-27(21(16)24)12-31-34(28,29)30/h1-7,9-11,24H,8,12H2,(H2,28,29,30). The van der Waals surface area contributed by atoms with Gasteiger partial charge in [0, 0.05) is 30.8 Å². The normalized spacial score (nSPS) is 12.9. The van der Waals surface area contributed by atoms with Crippen molar-refractivity contribution in [1.82, 2.24) is 10.1 Å². The van der Waals surface area contributed by atoms with Crippen LogP contribution < -0.4 is 19.9 Å². The van der Waals surface area contributed by atoms with E-state index < -0.39 is 26.2 Å². The summed E-state index contributed by atoms with van der Waals surface area (Å²) in [5.74, 6) is -1.11. The molecule has 13 heteroatoms. The van der Waals surface area contributed by atoms with Crippen molar-refractivity contribution in [3.63, 3.8) is 0 Å². The van der Waals surface area contributed by atoms with Crippen LogP contribution in [0.15, 0.2) is 65.4 Å². The zero-order valence-corrected chi connectivity index (χ0v) is 18.2. The minimum Gasteiger partial charge on any atom is -0.756 e. The number of phosphoric ester groups is 1. The lowest BCUT2D eigenvalue weighted by Crippen LogP contribution is -2.38. The van der Waals surface area contributed by atoms with Gasteiger partial charge >= 0.3 is 0 Å². The Kier molecular flexibility index (Phi) is 6.66. The lowest BCUT2D eigenvalue weighted by atomic mass is 10.1. The van der Waals surface area contributed by atoms with Gasteiger partial charge in [0.2, 0.25) is 5.88 Å². The number of rotatable bonds is 8. The van der Waals surface area contributed by atoms with E-state index in [9.17, 15) is 18.2 Å². The molecule has 0 aliphatic rings. The summed E-state index contributed by atoms with van der Waals surface area (Å²) in [6, 6.07) is 11.1. The highest BCUT2D eigenvalue weighted by Gasteiger charge is 2.18. The van der Waals surface area contributed by atoms with Crippen LogP contribution in [0.1, 0.15) is 11.3 Å². The van der Waals surface area contributed by atoms with Gasteiger partial charge in [-0.25, -0.2) is 18.3 Å². The number of anilines is 1. The first kappa shape index (κ1) is 23.5. The molecule has 4 rings (SSSR count). The molecule has 0 bridgehead atoms. The maximum atomic E-state index is 13.7. The molecule has 0 fully saturated rings. The zero-order valence-electron chi connectivity index (χ0n) is 17.3. The second-order valence-corrected chi connectivity index (χ2v) is 8.24. The van der Waals surface area contributed by atoms with E-state index in [0.29, 0.717) is 29.5 Å². The number of halogens is 2. The molecule has 34 heavy (non-hydrogen) atoms. The van der Waals surface area contributed by atoms with Crippen molar-refractivity contribution in [2.45, 2.75) is 13.2 Å². The maximum Gasteiger partial charge on any atom is 0.285 e. The summed E-state index contributed by atoms with van der Waals surface area (Å²) in [6.07, 6.45) is 3.34. The van der Waals surface area contributed by atoms with Gasteiger partial charge in [-0.15, -0.1) is 0 Å². The van der Waals surface area contributed by atoms with E-state index in [1.165, 1.54) is 29.1 Å². The van der Waals surface area contributed by atoms with E-state index in [1.54, 1.807) is 24.3 Å². The Bertz CT molecular complexity index is 1360. The Labute approximate surface area is 191 Å². The van der Waals surface area contributed by atoms with Crippen LogP contribution in [-0.4, -0.2) is 15.0 Å². The first-order valence-electron chi connectivity index (χ1n) is 9.68. The second kappa shape index (κ2) is 9.65. The van der Waals surface area contributed by atoms with Crippen molar-refractivity contribution in [1.29, 1.82) is 0 Å². The molecule has 1 unspecified atom stereocenters. The Hall–Kier alpha value is -3.70. The maximum absolute atomic E-state index is 13.7. The molecule has 4 aromatic rings. The predicted molar refractivity (Wildman–Crippen MR) is 111 cm³/mol. The molecule has 3 aromatic heterocycles. The van der Waals surface area contributed by atoms with Gasteiger partial charge in [-0.2, -0.15) is 0 Å². The van der Waals surface area contributed by atoms with Crippen molar-refractivity contribution < 1.29 is 41.5 Å². The third kappa shape index (κ3) is 5.80. The molecule has 0 aliphatic heterocycles. The van der Waals surface area contributed by atoms with Crippen LogP contribution in [0.5, 0.6) is 11.6 Å². The number of ether oxygens (including phenoxy) is 1. The van der Waals surface area contributed by atoms with Crippen LogP contribution in [0.3, 0.4) is 0 Å². The van der Waals surface area contributed by atoms with Crippen LogP contribution in [-0.2, 0) is 22.2 Å². The Morgan fingerprint density at radius 1 is 1.21 bits per heavy atom.